The second-order valence-corrected chi connectivity index (χ2v) is 11.6. The third-order valence-electron chi connectivity index (χ3n) is 9.70. The van der Waals surface area contributed by atoms with Crippen molar-refractivity contribution in [3.8, 4) is 0 Å². The fraction of sp³-hybridized carbons (Fsp3) is 0.917. The summed E-state index contributed by atoms with van der Waals surface area (Å²) >= 11 is 0. The van der Waals surface area contributed by atoms with Gasteiger partial charge in [-0.2, -0.15) is 0 Å². The first kappa shape index (κ1) is 19.0. The predicted molar refractivity (Wildman–Crippen MR) is 107 cm³/mol. The Hall–Kier alpha value is -0.340. The first-order chi connectivity index (χ1) is 12.1. The summed E-state index contributed by atoms with van der Waals surface area (Å²) in [6.07, 6.45) is 9.75. The molecule has 4 saturated carbocycles. The van der Waals surface area contributed by atoms with Gasteiger partial charge in [0.05, 0.1) is 12.2 Å². The van der Waals surface area contributed by atoms with E-state index < -0.39 is 5.60 Å². The van der Waals surface area contributed by atoms with Crippen LogP contribution in [0.5, 0.6) is 0 Å². The Bertz CT molecular complexity index is 577. The fourth-order valence-corrected chi connectivity index (χ4v) is 8.46. The molecule has 0 saturated heterocycles. The van der Waals surface area contributed by atoms with E-state index in [0.717, 1.165) is 42.1 Å². The van der Waals surface area contributed by atoms with E-state index in [2.05, 4.69) is 34.3 Å². The van der Waals surface area contributed by atoms with E-state index in [-0.39, 0.29) is 6.61 Å². The maximum atomic E-state index is 10.7. The van der Waals surface area contributed by atoms with Crippen LogP contribution in [0.3, 0.4) is 0 Å². The summed E-state index contributed by atoms with van der Waals surface area (Å²) < 4.78 is 0. The number of rotatable bonds is 2. The van der Waals surface area contributed by atoms with Crippen LogP contribution in [0.1, 0.15) is 79.1 Å². The number of aliphatic hydroxyl groups is 2. The quantitative estimate of drug-likeness (QED) is 0.665. The van der Waals surface area contributed by atoms with Crippen LogP contribution in [-0.4, -0.2) is 22.4 Å². The van der Waals surface area contributed by atoms with Crippen molar-refractivity contribution in [3.63, 3.8) is 0 Å². The lowest BCUT2D eigenvalue weighted by molar-refractivity contribution is -0.144. The molecule has 2 heteroatoms. The molecule has 4 fully saturated rings. The van der Waals surface area contributed by atoms with Crippen molar-refractivity contribution in [1.82, 2.24) is 0 Å². The van der Waals surface area contributed by atoms with Gasteiger partial charge in [0.25, 0.3) is 0 Å². The molecule has 2 nitrogen and oxygen atoms in total. The minimum Gasteiger partial charge on any atom is -0.392 e. The molecule has 26 heavy (non-hydrogen) atoms. The molecule has 0 heterocycles. The Balaban J connectivity index is 1.63. The lowest BCUT2D eigenvalue weighted by atomic mass is 9.44. The number of hydrogen-bond donors (Lipinski definition) is 2. The first-order valence-electron chi connectivity index (χ1n) is 11.1. The Labute approximate surface area is 160 Å². The van der Waals surface area contributed by atoms with E-state index in [1.165, 1.54) is 38.5 Å². The van der Waals surface area contributed by atoms with Crippen molar-refractivity contribution in [2.75, 3.05) is 6.61 Å². The van der Waals surface area contributed by atoms with Crippen molar-refractivity contribution in [1.29, 1.82) is 0 Å². The maximum Gasteiger partial charge on any atom is 0.0642 e. The standard InChI is InChI=1S/C24H40O2/c1-15(14-25)19-6-7-20-18-12-22(2,3)21-13-23(4,26)10-8-17(21)16(18)9-11-24(19,20)5/h16-21,25-26H,1,6-14H2,2-5H3/t16-,17-,18-,19-,20+,21+,23+,24-/m1/s1. The molecule has 0 aromatic rings. The summed E-state index contributed by atoms with van der Waals surface area (Å²) in [6.45, 7) is 13.9. The Morgan fingerprint density at radius 2 is 1.58 bits per heavy atom. The van der Waals surface area contributed by atoms with E-state index in [9.17, 15) is 10.2 Å². The highest BCUT2D eigenvalue weighted by molar-refractivity contribution is 5.16. The molecule has 0 radical (unpaired) electrons. The van der Waals surface area contributed by atoms with Gasteiger partial charge in [0.2, 0.25) is 0 Å². The lowest BCUT2D eigenvalue weighted by Gasteiger charge is -2.61. The second kappa shape index (κ2) is 6.08. The summed E-state index contributed by atoms with van der Waals surface area (Å²) in [5.74, 6) is 4.52. The van der Waals surface area contributed by atoms with Gasteiger partial charge in [0, 0.05) is 0 Å². The smallest absolute Gasteiger partial charge is 0.0642 e. The molecule has 4 aliphatic carbocycles. The van der Waals surface area contributed by atoms with E-state index in [4.69, 9.17) is 0 Å². The summed E-state index contributed by atoms with van der Waals surface area (Å²) in [5, 5.41) is 20.4. The molecule has 0 unspecified atom stereocenters. The van der Waals surface area contributed by atoms with Crippen LogP contribution in [0.15, 0.2) is 12.2 Å². The van der Waals surface area contributed by atoms with Gasteiger partial charge in [-0.1, -0.05) is 27.4 Å². The normalized spacial score (nSPS) is 52.7. The minimum atomic E-state index is -0.453. The zero-order valence-electron chi connectivity index (χ0n) is 17.4. The molecule has 0 spiro atoms. The van der Waals surface area contributed by atoms with Crippen molar-refractivity contribution >= 4 is 0 Å². The number of hydrogen-bond acceptors (Lipinski definition) is 2. The average Bonchev–Trinajstić information content (AvgIpc) is 2.91. The molecule has 4 rings (SSSR count). The fourth-order valence-electron chi connectivity index (χ4n) is 8.46. The Morgan fingerprint density at radius 3 is 2.27 bits per heavy atom. The molecule has 2 N–H and O–H groups in total. The van der Waals surface area contributed by atoms with Crippen LogP contribution in [0.2, 0.25) is 0 Å². The van der Waals surface area contributed by atoms with Gasteiger partial charge in [-0.15, -0.1) is 0 Å². The average molecular weight is 361 g/mol. The molecule has 4 aliphatic rings. The number of aliphatic hydroxyl groups excluding tert-OH is 1. The third kappa shape index (κ3) is 2.73. The molecule has 148 valence electrons. The highest BCUT2D eigenvalue weighted by atomic mass is 16.3. The lowest BCUT2D eigenvalue weighted by Crippen LogP contribution is -2.55. The maximum absolute atomic E-state index is 10.7. The summed E-state index contributed by atoms with van der Waals surface area (Å²) in [5.41, 5.74) is 1.31. The van der Waals surface area contributed by atoms with Gasteiger partial charge in [0.15, 0.2) is 0 Å². The van der Waals surface area contributed by atoms with Crippen LogP contribution in [0.4, 0.5) is 0 Å². The van der Waals surface area contributed by atoms with Gasteiger partial charge in [-0.3, -0.25) is 0 Å². The molecular formula is C24H40O2. The number of fused-ring (bicyclic) bond motifs is 5. The molecule has 0 amide bonds. The van der Waals surface area contributed by atoms with E-state index >= 15 is 0 Å². The van der Waals surface area contributed by atoms with Gasteiger partial charge in [-0.25, -0.2) is 0 Å². The summed E-state index contributed by atoms with van der Waals surface area (Å²) in [7, 11) is 0. The van der Waals surface area contributed by atoms with Crippen molar-refractivity contribution < 1.29 is 10.2 Å². The zero-order chi connectivity index (χ0) is 18.9. The van der Waals surface area contributed by atoms with E-state index in [0.29, 0.717) is 22.7 Å². The van der Waals surface area contributed by atoms with Crippen molar-refractivity contribution in [2.45, 2.75) is 84.7 Å². The SMILES string of the molecule is C=C(CO)[C@H]1CC[C@H]2[C@@H]3CC(C)(C)[C@H]4C[C@@](C)(O)CC[C@@H]4[C@H]3CC[C@]12C. The minimum absolute atomic E-state index is 0.159. The molecular weight excluding hydrogens is 320 g/mol. The summed E-state index contributed by atoms with van der Waals surface area (Å²) in [4.78, 5) is 0. The van der Waals surface area contributed by atoms with Crippen LogP contribution < -0.4 is 0 Å². The van der Waals surface area contributed by atoms with Crippen LogP contribution in [0, 0.1) is 46.3 Å². The van der Waals surface area contributed by atoms with Gasteiger partial charge >= 0.3 is 0 Å². The predicted octanol–water partition coefficient (Wildman–Crippen LogP) is 5.19. The van der Waals surface area contributed by atoms with Gasteiger partial charge in [-0.05, 0) is 110 Å². The molecule has 8 atom stereocenters. The molecule has 0 aliphatic heterocycles. The van der Waals surface area contributed by atoms with Crippen LogP contribution in [-0.2, 0) is 0 Å². The Morgan fingerprint density at radius 1 is 0.885 bits per heavy atom. The third-order valence-corrected chi connectivity index (χ3v) is 9.70. The molecule has 0 aromatic carbocycles. The second-order valence-electron chi connectivity index (χ2n) is 11.6. The summed E-state index contributed by atoms with van der Waals surface area (Å²) in [6, 6.07) is 0. The first-order valence-corrected chi connectivity index (χ1v) is 11.1. The largest absolute Gasteiger partial charge is 0.392 e. The van der Waals surface area contributed by atoms with Crippen molar-refractivity contribution in [3.05, 3.63) is 12.2 Å². The highest BCUT2D eigenvalue weighted by Crippen LogP contribution is 2.68. The van der Waals surface area contributed by atoms with E-state index in [1.54, 1.807) is 0 Å². The van der Waals surface area contributed by atoms with Crippen LogP contribution >= 0.6 is 0 Å². The zero-order valence-corrected chi connectivity index (χ0v) is 17.4. The van der Waals surface area contributed by atoms with Gasteiger partial charge in [0.1, 0.15) is 0 Å². The molecule has 0 bridgehead atoms. The molecule has 0 aromatic heterocycles. The van der Waals surface area contributed by atoms with Gasteiger partial charge < -0.3 is 10.2 Å². The van der Waals surface area contributed by atoms with Crippen molar-refractivity contribution in [2.24, 2.45) is 46.3 Å². The van der Waals surface area contributed by atoms with Crippen LogP contribution in [0.25, 0.3) is 0 Å². The Kier molecular flexibility index (Phi) is 4.44. The highest BCUT2D eigenvalue weighted by Gasteiger charge is 2.60. The topological polar surface area (TPSA) is 40.5 Å². The monoisotopic (exact) mass is 360 g/mol. The van der Waals surface area contributed by atoms with E-state index in [1.807, 2.05) is 0 Å².